The third kappa shape index (κ3) is 4.46. The molecule has 29 heavy (non-hydrogen) atoms. The van der Waals surface area contributed by atoms with Crippen molar-refractivity contribution >= 4 is 21.6 Å². The van der Waals surface area contributed by atoms with Crippen molar-refractivity contribution in [1.29, 1.82) is 0 Å². The van der Waals surface area contributed by atoms with Crippen LogP contribution in [0, 0.1) is 12.8 Å². The van der Waals surface area contributed by atoms with E-state index in [0.29, 0.717) is 31.7 Å². The molecule has 156 valence electrons. The zero-order valence-electron chi connectivity index (χ0n) is 17.2. The lowest BCUT2D eigenvalue weighted by Gasteiger charge is -2.34. The Bertz CT molecular complexity index is 957. The van der Waals surface area contributed by atoms with Crippen LogP contribution in [0.4, 0.5) is 5.69 Å². The minimum atomic E-state index is -3.65. The number of sulfonamides is 1. The molecule has 2 aromatic carbocycles. The number of hydrogen-bond acceptors (Lipinski definition) is 4. The maximum atomic E-state index is 13.3. The second-order valence-electron chi connectivity index (χ2n) is 7.25. The van der Waals surface area contributed by atoms with Gasteiger partial charge in [-0.15, -0.1) is 0 Å². The fourth-order valence-corrected chi connectivity index (χ4v) is 5.31. The Balaban J connectivity index is 1.80. The van der Waals surface area contributed by atoms with Crippen LogP contribution in [-0.4, -0.2) is 45.4 Å². The second kappa shape index (κ2) is 8.97. The highest BCUT2D eigenvalue weighted by atomic mass is 32.2. The van der Waals surface area contributed by atoms with Gasteiger partial charge in [-0.05, 0) is 62.6 Å². The van der Waals surface area contributed by atoms with E-state index in [1.54, 1.807) is 29.2 Å². The molecule has 7 heteroatoms. The third-order valence-corrected chi connectivity index (χ3v) is 7.30. The summed E-state index contributed by atoms with van der Waals surface area (Å²) in [6, 6.07) is 14.1. The summed E-state index contributed by atoms with van der Waals surface area (Å²) in [6.45, 7) is 5.10. The van der Waals surface area contributed by atoms with Gasteiger partial charge in [0.2, 0.25) is 15.9 Å². The maximum Gasteiger partial charge on any atom is 0.243 e. The number of methoxy groups -OCH3 is 1. The summed E-state index contributed by atoms with van der Waals surface area (Å²) in [7, 11) is -2.11. The molecular weight excluding hydrogens is 388 g/mol. The molecule has 0 bridgehead atoms. The highest BCUT2D eigenvalue weighted by Gasteiger charge is 2.35. The number of nitrogens with zero attached hydrogens (tertiary/aromatic N) is 2. The first-order valence-electron chi connectivity index (χ1n) is 9.89. The van der Waals surface area contributed by atoms with Gasteiger partial charge in [-0.3, -0.25) is 4.79 Å². The predicted molar refractivity (Wildman–Crippen MR) is 114 cm³/mol. The number of benzene rings is 2. The molecule has 6 nitrogen and oxygen atoms in total. The number of ether oxygens (including phenoxy) is 1. The van der Waals surface area contributed by atoms with E-state index in [4.69, 9.17) is 4.74 Å². The van der Waals surface area contributed by atoms with Crippen LogP contribution in [0.5, 0.6) is 5.75 Å². The molecule has 1 amide bonds. The number of piperidine rings is 1. The lowest BCUT2D eigenvalue weighted by Crippen LogP contribution is -2.47. The number of anilines is 1. The zero-order chi connectivity index (χ0) is 21.0. The highest BCUT2D eigenvalue weighted by molar-refractivity contribution is 7.89. The van der Waals surface area contributed by atoms with Crippen molar-refractivity contribution in [3.8, 4) is 5.75 Å². The van der Waals surface area contributed by atoms with Crippen LogP contribution in [0.3, 0.4) is 0 Å². The van der Waals surface area contributed by atoms with Gasteiger partial charge in [-0.2, -0.15) is 4.31 Å². The minimum Gasteiger partial charge on any atom is -0.497 e. The molecule has 1 heterocycles. The average Bonchev–Trinajstić information content (AvgIpc) is 2.75. The number of rotatable bonds is 6. The van der Waals surface area contributed by atoms with Crippen molar-refractivity contribution in [3.63, 3.8) is 0 Å². The van der Waals surface area contributed by atoms with Crippen molar-refractivity contribution in [3.05, 3.63) is 54.1 Å². The minimum absolute atomic E-state index is 0.0172. The van der Waals surface area contributed by atoms with Gasteiger partial charge in [0.1, 0.15) is 5.75 Å². The van der Waals surface area contributed by atoms with Crippen molar-refractivity contribution < 1.29 is 17.9 Å². The molecule has 0 aliphatic carbocycles. The highest BCUT2D eigenvalue weighted by Crippen LogP contribution is 2.28. The zero-order valence-corrected chi connectivity index (χ0v) is 18.0. The summed E-state index contributed by atoms with van der Waals surface area (Å²) in [6.07, 6.45) is 1.35. The van der Waals surface area contributed by atoms with E-state index in [9.17, 15) is 13.2 Å². The van der Waals surface area contributed by atoms with Crippen LogP contribution < -0.4 is 9.64 Å². The predicted octanol–water partition coefficient (Wildman–Crippen LogP) is 3.46. The van der Waals surface area contributed by atoms with E-state index in [1.165, 1.54) is 11.4 Å². The molecule has 1 saturated heterocycles. The lowest BCUT2D eigenvalue weighted by atomic mass is 9.97. The Kier molecular flexibility index (Phi) is 6.59. The molecule has 1 aliphatic rings. The Morgan fingerprint density at radius 2 is 1.86 bits per heavy atom. The summed E-state index contributed by atoms with van der Waals surface area (Å²) in [4.78, 5) is 15.2. The molecule has 0 N–H and O–H groups in total. The number of carbonyl (C=O) groups is 1. The molecule has 0 saturated carbocycles. The molecule has 0 spiro atoms. The molecule has 3 rings (SSSR count). The summed E-state index contributed by atoms with van der Waals surface area (Å²) >= 11 is 0. The van der Waals surface area contributed by atoms with Crippen LogP contribution >= 0.6 is 0 Å². The molecule has 0 aromatic heterocycles. The monoisotopic (exact) mass is 416 g/mol. The Morgan fingerprint density at radius 1 is 1.17 bits per heavy atom. The Hall–Kier alpha value is -2.38. The fraction of sp³-hybridized carbons (Fsp3) is 0.409. The van der Waals surface area contributed by atoms with Crippen molar-refractivity contribution in [1.82, 2.24) is 4.31 Å². The summed E-state index contributed by atoms with van der Waals surface area (Å²) < 4.78 is 32.7. The van der Waals surface area contributed by atoms with Crippen LogP contribution in [-0.2, 0) is 14.8 Å². The quantitative estimate of drug-likeness (QED) is 0.723. The van der Waals surface area contributed by atoms with Crippen LogP contribution in [0.15, 0.2) is 53.4 Å². The van der Waals surface area contributed by atoms with Gasteiger partial charge in [0.25, 0.3) is 0 Å². The Labute approximate surface area is 173 Å². The van der Waals surface area contributed by atoms with Crippen molar-refractivity contribution in [2.45, 2.75) is 31.6 Å². The summed E-state index contributed by atoms with van der Waals surface area (Å²) in [5.41, 5.74) is 1.91. The van der Waals surface area contributed by atoms with Gasteiger partial charge in [-0.25, -0.2) is 8.42 Å². The second-order valence-corrected chi connectivity index (χ2v) is 9.18. The lowest BCUT2D eigenvalue weighted by molar-refractivity contribution is -0.123. The van der Waals surface area contributed by atoms with E-state index in [-0.39, 0.29) is 23.3 Å². The van der Waals surface area contributed by atoms with Crippen molar-refractivity contribution in [2.24, 2.45) is 5.92 Å². The standard InChI is InChI=1S/C22H28N2O4S/c1-4-24(21-10-6-5-8-17(21)2)22(25)18-9-7-15-23(16-18)29(26,27)20-13-11-19(28-3)12-14-20/h5-6,8,10-14,18H,4,7,9,15-16H2,1-3H3. The molecule has 1 aliphatic heterocycles. The third-order valence-electron chi connectivity index (χ3n) is 5.42. The number of amides is 1. The summed E-state index contributed by atoms with van der Waals surface area (Å²) in [5.74, 6) is 0.236. The fourth-order valence-electron chi connectivity index (χ4n) is 3.79. The van der Waals surface area contributed by atoms with Gasteiger partial charge >= 0.3 is 0 Å². The van der Waals surface area contributed by atoms with E-state index in [0.717, 1.165) is 11.3 Å². The molecule has 1 unspecified atom stereocenters. The van der Waals surface area contributed by atoms with Crippen LogP contribution in [0.2, 0.25) is 0 Å². The number of aryl methyl sites for hydroxylation is 1. The van der Waals surface area contributed by atoms with Gasteiger partial charge < -0.3 is 9.64 Å². The van der Waals surface area contributed by atoms with Gasteiger partial charge in [0, 0.05) is 25.3 Å². The first-order valence-corrected chi connectivity index (χ1v) is 11.3. The average molecular weight is 417 g/mol. The Morgan fingerprint density at radius 3 is 2.48 bits per heavy atom. The molecule has 0 radical (unpaired) electrons. The van der Waals surface area contributed by atoms with Crippen LogP contribution in [0.1, 0.15) is 25.3 Å². The van der Waals surface area contributed by atoms with Gasteiger partial charge in [-0.1, -0.05) is 18.2 Å². The summed E-state index contributed by atoms with van der Waals surface area (Å²) in [5, 5.41) is 0. The maximum absolute atomic E-state index is 13.3. The number of carbonyl (C=O) groups excluding carboxylic acids is 1. The SMILES string of the molecule is CCN(C(=O)C1CCCN(S(=O)(=O)c2ccc(OC)cc2)C1)c1ccccc1C. The smallest absolute Gasteiger partial charge is 0.243 e. The van der Waals surface area contributed by atoms with E-state index in [1.807, 2.05) is 38.1 Å². The number of para-hydroxylation sites is 1. The van der Waals surface area contributed by atoms with Crippen molar-refractivity contribution in [2.75, 3.05) is 31.6 Å². The molecule has 1 fully saturated rings. The van der Waals surface area contributed by atoms with E-state index >= 15 is 0 Å². The largest absolute Gasteiger partial charge is 0.497 e. The van der Waals surface area contributed by atoms with Gasteiger partial charge in [0.15, 0.2) is 0 Å². The first kappa shape index (κ1) is 21.3. The molecule has 1 atom stereocenters. The molecular formula is C22H28N2O4S. The van der Waals surface area contributed by atoms with Crippen LogP contribution in [0.25, 0.3) is 0 Å². The molecule has 2 aromatic rings. The topological polar surface area (TPSA) is 66.9 Å². The number of hydrogen-bond donors (Lipinski definition) is 0. The van der Waals surface area contributed by atoms with Gasteiger partial charge in [0.05, 0.1) is 17.9 Å². The van der Waals surface area contributed by atoms with E-state index < -0.39 is 10.0 Å². The normalized spacial score (nSPS) is 17.7. The first-order chi connectivity index (χ1) is 13.9. The van der Waals surface area contributed by atoms with E-state index in [2.05, 4.69) is 0 Å².